The first-order valence-corrected chi connectivity index (χ1v) is 7.65. The van der Waals surface area contributed by atoms with Gasteiger partial charge in [0.05, 0.1) is 13.5 Å². The van der Waals surface area contributed by atoms with Crippen molar-refractivity contribution in [3.05, 3.63) is 29.8 Å². The standard InChI is InChI=1S/C16H23N3O3/c1-22-14-9-7-12(8-10-14)11-15(20)18-19-16(21)17-13-5-3-2-4-6-13/h7-10,13H,2-6,11H2,1H3,(H,18,20)(H2,17,19,21). The van der Waals surface area contributed by atoms with E-state index >= 15 is 0 Å². The largest absolute Gasteiger partial charge is 0.497 e. The topological polar surface area (TPSA) is 79.5 Å². The van der Waals surface area contributed by atoms with Crippen molar-refractivity contribution in [1.29, 1.82) is 0 Å². The zero-order valence-corrected chi connectivity index (χ0v) is 12.9. The molecule has 0 aromatic heterocycles. The highest BCUT2D eigenvalue weighted by molar-refractivity contribution is 5.82. The van der Waals surface area contributed by atoms with Gasteiger partial charge in [-0.05, 0) is 30.5 Å². The highest BCUT2D eigenvalue weighted by Gasteiger charge is 2.15. The molecule has 22 heavy (non-hydrogen) atoms. The van der Waals surface area contributed by atoms with Crippen molar-refractivity contribution in [3.8, 4) is 5.75 Å². The summed E-state index contributed by atoms with van der Waals surface area (Å²) in [5, 5.41) is 2.87. The normalized spacial score (nSPS) is 15.0. The van der Waals surface area contributed by atoms with Crippen LogP contribution in [0.2, 0.25) is 0 Å². The number of benzene rings is 1. The van der Waals surface area contributed by atoms with Gasteiger partial charge in [-0.15, -0.1) is 0 Å². The fourth-order valence-corrected chi connectivity index (χ4v) is 2.57. The van der Waals surface area contributed by atoms with Crippen molar-refractivity contribution < 1.29 is 14.3 Å². The molecule has 120 valence electrons. The van der Waals surface area contributed by atoms with Gasteiger partial charge in [0, 0.05) is 6.04 Å². The van der Waals surface area contributed by atoms with Crippen LogP contribution in [0.3, 0.4) is 0 Å². The highest BCUT2D eigenvalue weighted by Crippen LogP contribution is 2.17. The fraction of sp³-hybridized carbons (Fsp3) is 0.500. The third-order valence-corrected chi connectivity index (χ3v) is 3.78. The van der Waals surface area contributed by atoms with Crippen LogP contribution in [-0.2, 0) is 11.2 Å². The lowest BCUT2D eigenvalue weighted by atomic mass is 9.96. The van der Waals surface area contributed by atoms with Crippen LogP contribution in [-0.4, -0.2) is 25.1 Å². The maximum atomic E-state index is 11.8. The summed E-state index contributed by atoms with van der Waals surface area (Å²) in [5.41, 5.74) is 5.67. The van der Waals surface area contributed by atoms with Crippen molar-refractivity contribution in [2.45, 2.75) is 44.6 Å². The van der Waals surface area contributed by atoms with Crippen molar-refractivity contribution in [3.63, 3.8) is 0 Å². The number of hydrogen-bond donors (Lipinski definition) is 3. The highest BCUT2D eigenvalue weighted by atomic mass is 16.5. The number of hydrogen-bond acceptors (Lipinski definition) is 3. The number of urea groups is 1. The van der Waals surface area contributed by atoms with E-state index < -0.39 is 0 Å². The molecule has 1 aliphatic carbocycles. The molecule has 0 atom stereocenters. The van der Waals surface area contributed by atoms with Crippen molar-refractivity contribution in [2.75, 3.05) is 7.11 Å². The van der Waals surface area contributed by atoms with Gasteiger partial charge in [0.2, 0.25) is 5.91 Å². The number of nitrogens with one attached hydrogen (secondary N) is 3. The molecule has 0 aliphatic heterocycles. The summed E-state index contributed by atoms with van der Waals surface area (Å²) >= 11 is 0. The van der Waals surface area contributed by atoms with E-state index in [0.29, 0.717) is 0 Å². The van der Waals surface area contributed by atoms with Gasteiger partial charge in [-0.3, -0.25) is 10.2 Å². The Labute approximate surface area is 130 Å². The molecule has 2 rings (SSSR count). The summed E-state index contributed by atoms with van der Waals surface area (Å²) in [6.07, 6.45) is 5.75. The lowest BCUT2D eigenvalue weighted by Gasteiger charge is -2.22. The summed E-state index contributed by atoms with van der Waals surface area (Å²) < 4.78 is 5.06. The van der Waals surface area contributed by atoms with Crippen LogP contribution >= 0.6 is 0 Å². The minimum Gasteiger partial charge on any atom is -0.497 e. The Balaban J connectivity index is 1.68. The summed E-state index contributed by atoms with van der Waals surface area (Å²) in [5.74, 6) is 0.484. The molecule has 0 saturated heterocycles. The van der Waals surface area contributed by atoms with Gasteiger partial charge >= 0.3 is 6.03 Å². The molecule has 1 fully saturated rings. The molecule has 1 aromatic carbocycles. The lowest BCUT2D eigenvalue weighted by molar-refractivity contribution is -0.121. The van der Waals surface area contributed by atoms with E-state index in [1.807, 2.05) is 12.1 Å². The molecule has 0 spiro atoms. The monoisotopic (exact) mass is 305 g/mol. The molecule has 0 bridgehead atoms. The van der Waals surface area contributed by atoms with E-state index in [2.05, 4.69) is 16.2 Å². The van der Waals surface area contributed by atoms with Gasteiger partial charge in [0.1, 0.15) is 5.75 Å². The van der Waals surface area contributed by atoms with Gasteiger partial charge < -0.3 is 10.1 Å². The first kappa shape index (κ1) is 16.1. The van der Waals surface area contributed by atoms with Gasteiger partial charge in [0.15, 0.2) is 0 Å². The molecule has 1 aromatic rings. The Kier molecular flexibility index (Phi) is 6.06. The molecular weight excluding hydrogens is 282 g/mol. The Morgan fingerprint density at radius 1 is 1.09 bits per heavy atom. The van der Waals surface area contributed by atoms with E-state index in [1.165, 1.54) is 6.42 Å². The predicted octanol–water partition coefficient (Wildman–Crippen LogP) is 1.90. The van der Waals surface area contributed by atoms with Crippen molar-refractivity contribution in [2.24, 2.45) is 0 Å². The molecule has 1 aliphatic rings. The Morgan fingerprint density at radius 2 is 1.77 bits per heavy atom. The molecule has 6 nitrogen and oxygen atoms in total. The number of hydrazine groups is 1. The number of carbonyl (C=O) groups is 2. The smallest absolute Gasteiger partial charge is 0.333 e. The second kappa shape index (κ2) is 8.26. The van der Waals surface area contributed by atoms with Gasteiger partial charge in [-0.25, -0.2) is 10.2 Å². The van der Waals surface area contributed by atoms with E-state index in [-0.39, 0.29) is 24.4 Å². The fourth-order valence-electron chi connectivity index (χ4n) is 2.57. The van der Waals surface area contributed by atoms with Crippen LogP contribution in [0.15, 0.2) is 24.3 Å². The van der Waals surface area contributed by atoms with Gasteiger partial charge in [-0.1, -0.05) is 31.4 Å². The van der Waals surface area contributed by atoms with Gasteiger partial charge in [0.25, 0.3) is 0 Å². The molecule has 0 radical (unpaired) electrons. The molecule has 6 heteroatoms. The zero-order valence-electron chi connectivity index (χ0n) is 12.9. The SMILES string of the molecule is COc1ccc(CC(=O)NNC(=O)NC2CCCCC2)cc1. The van der Waals surface area contributed by atoms with Crippen LogP contribution in [0.25, 0.3) is 0 Å². The van der Waals surface area contributed by atoms with Gasteiger partial charge in [-0.2, -0.15) is 0 Å². The Bertz CT molecular complexity index is 496. The number of methoxy groups -OCH3 is 1. The summed E-state index contributed by atoms with van der Waals surface area (Å²) in [7, 11) is 1.59. The molecular formula is C16H23N3O3. The second-order valence-electron chi connectivity index (χ2n) is 5.51. The molecule has 3 N–H and O–H groups in total. The predicted molar refractivity (Wildman–Crippen MR) is 83.4 cm³/mol. The first-order valence-electron chi connectivity index (χ1n) is 7.65. The number of carbonyl (C=O) groups excluding carboxylic acids is 2. The summed E-state index contributed by atoms with van der Waals surface area (Å²) in [4.78, 5) is 23.5. The molecule has 3 amide bonds. The van der Waals surface area contributed by atoms with Crippen molar-refractivity contribution >= 4 is 11.9 Å². The minimum absolute atomic E-state index is 0.202. The maximum absolute atomic E-state index is 11.8. The number of amides is 3. The van der Waals surface area contributed by atoms with E-state index in [4.69, 9.17) is 4.74 Å². The quantitative estimate of drug-likeness (QED) is 0.743. The average Bonchev–Trinajstić information content (AvgIpc) is 2.55. The minimum atomic E-state index is -0.352. The molecule has 1 saturated carbocycles. The van der Waals surface area contributed by atoms with Crippen LogP contribution in [0, 0.1) is 0 Å². The summed E-state index contributed by atoms with van der Waals surface area (Å²) in [6.45, 7) is 0. The lowest BCUT2D eigenvalue weighted by Crippen LogP contribution is -2.50. The maximum Gasteiger partial charge on any atom is 0.333 e. The average molecular weight is 305 g/mol. The van der Waals surface area contributed by atoms with E-state index in [0.717, 1.165) is 37.0 Å². The second-order valence-corrected chi connectivity index (χ2v) is 5.51. The zero-order chi connectivity index (χ0) is 15.8. The summed E-state index contributed by atoms with van der Waals surface area (Å²) in [6, 6.07) is 7.10. The Hall–Kier alpha value is -2.24. The number of rotatable bonds is 4. The van der Waals surface area contributed by atoms with Crippen LogP contribution in [0.1, 0.15) is 37.7 Å². The molecule has 0 unspecified atom stereocenters. The van der Waals surface area contributed by atoms with Crippen LogP contribution in [0.5, 0.6) is 5.75 Å². The number of ether oxygens (including phenoxy) is 1. The molecule has 0 heterocycles. The first-order chi connectivity index (χ1) is 10.7. The van der Waals surface area contributed by atoms with Crippen molar-refractivity contribution in [1.82, 2.24) is 16.2 Å². The van der Waals surface area contributed by atoms with Crippen LogP contribution in [0.4, 0.5) is 4.79 Å². The third-order valence-electron chi connectivity index (χ3n) is 3.78. The Morgan fingerprint density at radius 3 is 2.41 bits per heavy atom. The van der Waals surface area contributed by atoms with Crippen LogP contribution < -0.4 is 20.9 Å². The van der Waals surface area contributed by atoms with E-state index in [9.17, 15) is 9.59 Å². The van der Waals surface area contributed by atoms with E-state index in [1.54, 1.807) is 19.2 Å². The third kappa shape index (κ3) is 5.27.